The zero-order valence-electron chi connectivity index (χ0n) is 16.5. The lowest BCUT2D eigenvalue weighted by atomic mass is 10.1. The van der Waals surface area contributed by atoms with E-state index < -0.39 is 21.8 Å². The number of carbonyl (C=O) groups is 2. The van der Waals surface area contributed by atoms with E-state index in [4.69, 9.17) is 5.73 Å². The lowest BCUT2D eigenvalue weighted by molar-refractivity contribution is 0.0997. The van der Waals surface area contributed by atoms with Gasteiger partial charge in [-0.1, -0.05) is 17.7 Å². The normalized spacial score (nSPS) is 11.0. The summed E-state index contributed by atoms with van der Waals surface area (Å²) in [5.74, 6) is -0.946. The van der Waals surface area contributed by atoms with Crippen LogP contribution in [0.1, 0.15) is 31.8 Å². The number of primary amides is 1. The molecule has 2 amide bonds. The molecule has 0 bridgehead atoms. The zero-order chi connectivity index (χ0) is 21.9. The molecule has 0 unspecified atom stereocenters. The predicted molar refractivity (Wildman–Crippen MR) is 116 cm³/mol. The molecule has 154 valence electrons. The molecule has 7 nitrogen and oxygen atoms in total. The minimum Gasteiger partial charge on any atom is -0.366 e. The van der Waals surface area contributed by atoms with Crippen LogP contribution in [0.2, 0.25) is 0 Å². The Labute approximate surface area is 175 Å². The fourth-order valence-electron chi connectivity index (χ4n) is 2.84. The first-order chi connectivity index (χ1) is 14.2. The van der Waals surface area contributed by atoms with E-state index >= 15 is 0 Å². The van der Waals surface area contributed by atoms with E-state index in [1.807, 2.05) is 19.1 Å². The number of amides is 2. The largest absolute Gasteiger partial charge is 0.366 e. The summed E-state index contributed by atoms with van der Waals surface area (Å²) in [6.45, 7) is 3.63. The van der Waals surface area contributed by atoms with Crippen molar-refractivity contribution in [3.8, 4) is 0 Å². The highest BCUT2D eigenvalue weighted by Crippen LogP contribution is 2.19. The first-order valence-corrected chi connectivity index (χ1v) is 10.6. The SMILES string of the molecule is Cc1ccc(NS(=O)(=O)c2ccc(C(=O)Nc3ccc(C(N)=O)c(C)c3)cc2)cc1. The molecular weight excluding hydrogens is 402 g/mol. The van der Waals surface area contributed by atoms with Gasteiger partial charge in [0.05, 0.1) is 4.90 Å². The number of benzene rings is 3. The van der Waals surface area contributed by atoms with Crippen LogP contribution in [-0.2, 0) is 10.0 Å². The van der Waals surface area contributed by atoms with Gasteiger partial charge in [-0.05, 0) is 74.0 Å². The van der Waals surface area contributed by atoms with Crippen LogP contribution in [0.3, 0.4) is 0 Å². The number of rotatable bonds is 6. The summed E-state index contributed by atoms with van der Waals surface area (Å²) in [7, 11) is -3.77. The van der Waals surface area contributed by atoms with Gasteiger partial charge in [0.2, 0.25) is 5.91 Å². The van der Waals surface area contributed by atoms with Gasteiger partial charge in [0.1, 0.15) is 0 Å². The molecule has 4 N–H and O–H groups in total. The van der Waals surface area contributed by atoms with Crippen LogP contribution in [0, 0.1) is 13.8 Å². The van der Waals surface area contributed by atoms with Gasteiger partial charge in [0, 0.05) is 22.5 Å². The molecule has 0 atom stereocenters. The summed E-state index contributed by atoms with van der Waals surface area (Å²) in [4.78, 5) is 23.8. The average molecular weight is 423 g/mol. The van der Waals surface area contributed by atoms with Crippen molar-refractivity contribution < 1.29 is 18.0 Å². The van der Waals surface area contributed by atoms with E-state index in [0.717, 1.165) is 5.56 Å². The topological polar surface area (TPSA) is 118 Å². The second-order valence-corrected chi connectivity index (χ2v) is 8.53. The zero-order valence-corrected chi connectivity index (χ0v) is 17.3. The van der Waals surface area contributed by atoms with Crippen molar-refractivity contribution in [3.05, 3.63) is 89.0 Å². The van der Waals surface area contributed by atoms with E-state index in [0.29, 0.717) is 28.1 Å². The molecule has 0 spiro atoms. The summed E-state index contributed by atoms with van der Waals surface area (Å²) in [6, 6.07) is 17.3. The van der Waals surface area contributed by atoms with E-state index in [-0.39, 0.29) is 4.90 Å². The molecule has 3 rings (SSSR count). The number of nitrogens with two attached hydrogens (primary N) is 1. The monoisotopic (exact) mass is 423 g/mol. The van der Waals surface area contributed by atoms with Crippen molar-refractivity contribution in [2.75, 3.05) is 10.0 Å². The Morgan fingerprint density at radius 2 is 1.43 bits per heavy atom. The van der Waals surface area contributed by atoms with Crippen molar-refractivity contribution in [2.45, 2.75) is 18.7 Å². The maximum absolute atomic E-state index is 12.5. The number of carbonyl (C=O) groups excluding carboxylic acids is 2. The molecule has 0 aliphatic carbocycles. The van der Waals surface area contributed by atoms with Crippen molar-refractivity contribution in [1.82, 2.24) is 0 Å². The van der Waals surface area contributed by atoms with Crippen molar-refractivity contribution in [1.29, 1.82) is 0 Å². The van der Waals surface area contributed by atoms with E-state index in [2.05, 4.69) is 10.0 Å². The molecule has 3 aromatic rings. The number of nitrogens with one attached hydrogen (secondary N) is 2. The Bertz CT molecular complexity index is 1200. The highest BCUT2D eigenvalue weighted by atomic mass is 32.2. The minimum absolute atomic E-state index is 0.0429. The lowest BCUT2D eigenvalue weighted by Crippen LogP contribution is -2.16. The highest BCUT2D eigenvalue weighted by molar-refractivity contribution is 7.92. The highest BCUT2D eigenvalue weighted by Gasteiger charge is 2.16. The molecule has 0 radical (unpaired) electrons. The molecule has 0 aliphatic heterocycles. The summed E-state index contributed by atoms with van der Waals surface area (Å²) >= 11 is 0. The lowest BCUT2D eigenvalue weighted by Gasteiger charge is -2.10. The Balaban J connectivity index is 1.73. The van der Waals surface area contributed by atoms with Gasteiger partial charge in [-0.15, -0.1) is 0 Å². The molecular formula is C22H21N3O4S. The summed E-state index contributed by atoms with van der Waals surface area (Å²) < 4.78 is 27.6. The van der Waals surface area contributed by atoms with Gasteiger partial charge in [0.25, 0.3) is 15.9 Å². The molecule has 0 heterocycles. The molecule has 30 heavy (non-hydrogen) atoms. The van der Waals surface area contributed by atoms with Gasteiger partial charge in [-0.3, -0.25) is 14.3 Å². The summed E-state index contributed by atoms with van der Waals surface area (Å²) in [5.41, 5.74) is 8.57. The fraction of sp³-hybridized carbons (Fsp3) is 0.0909. The van der Waals surface area contributed by atoms with Crippen LogP contribution < -0.4 is 15.8 Å². The molecule has 0 fully saturated rings. The number of hydrogen-bond acceptors (Lipinski definition) is 4. The molecule has 8 heteroatoms. The van der Waals surface area contributed by atoms with Gasteiger partial charge >= 0.3 is 0 Å². The van der Waals surface area contributed by atoms with Gasteiger partial charge in [-0.2, -0.15) is 0 Å². The van der Waals surface area contributed by atoms with Crippen LogP contribution in [-0.4, -0.2) is 20.2 Å². The number of sulfonamides is 1. The Morgan fingerprint density at radius 1 is 0.833 bits per heavy atom. The van der Waals surface area contributed by atoms with Crippen molar-refractivity contribution in [3.63, 3.8) is 0 Å². The van der Waals surface area contributed by atoms with E-state index in [1.165, 1.54) is 24.3 Å². The minimum atomic E-state index is -3.77. The van der Waals surface area contributed by atoms with Crippen LogP contribution in [0.15, 0.2) is 71.6 Å². The third-order valence-electron chi connectivity index (χ3n) is 4.48. The third-order valence-corrected chi connectivity index (χ3v) is 5.88. The van der Waals surface area contributed by atoms with Gasteiger partial charge in [-0.25, -0.2) is 8.42 Å². The summed E-state index contributed by atoms with van der Waals surface area (Å²) in [5, 5.41) is 2.71. The smallest absolute Gasteiger partial charge is 0.261 e. The van der Waals surface area contributed by atoms with Crippen LogP contribution in [0.4, 0.5) is 11.4 Å². The fourth-order valence-corrected chi connectivity index (χ4v) is 3.90. The first kappa shape index (κ1) is 21.1. The van der Waals surface area contributed by atoms with Crippen LogP contribution in [0.5, 0.6) is 0 Å². The Morgan fingerprint density at radius 3 is 2.00 bits per heavy atom. The van der Waals surface area contributed by atoms with E-state index in [9.17, 15) is 18.0 Å². The Kier molecular flexibility index (Phi) is 5.89. The number of hydrogen-bond donors (Lipinski definition) is 3. The second kappa shape index (κ2) is 8.38. The molecule has 3 aromatic carbocycles. The van der Waals surface area contributed by atoms with Crippen molar-refractivity contribution >= 4 is 33.2 Å². The van der Waals surface area contributed by atoms with Crippen LogP contribution >= 0.6 is 0 Å². The molecule has 0 saturated heterocycles. The predicted octanol–water partition coefficient (Wildman–Crippen LogP) is 3.46. The average Bonchev–Trinajstić information content (AvgIpc) is 2.69. The molecule has 0 aliphatic rings. The van der Waals surface area contributed by atoms with Gasteiger partial charge < -0.3 is 11.1 Å². The van der Waals surface area contributed by atoms with Gasteiger partial charge in [0.15, 0.2) is 0 Å². The number of aryl methyl sites for hydroxylation is 2. The quantitative estimate of drug-likeness (QED) is 0.563. The Hall–Kier alpha value is -3.65. The second-order valence-electron chi connectivity index (χ2n) is 6.84. The van der Waals surface area contributed by atoms with Crippen molar-refractivity contribution in [2.24, 2.45) is 5.73 Å². The third kappa shape index (κ3) is 4.84. The maximum Gasteiger partial charge on any atom is 0.261 e. The first-order valence-electron chi connectivity index (χ1n) is 9.07. The van der Waals surface area contributed by atoms with E-state index in [1.54, 1.807) is 37.3 Å². The maximum atomic E-state index is 12.5. The standard InChI is InChI=1S/C22H21N3O4S/c1-14-3-7-17(8-4-14)25-30(28,29)19-10-5-16(6-11-19)22(27)24-18-9-12-20(21(23)26)15(2)13-18/h3-13,25H,1-2H3,(H2,23,26)(H,24,27). The molecule has 0 saturated carbocycles. The molecule has 0 aromatic heterocycles. The van der Waals surface area contributed by atoms with Crippen LogP contribution in [0.25, 0.3) is 0 Å². The number of anilines is 2. The summed E-state index contributed by atoms with van der Waals surface area (Å²) in [6.07, 6.45) is 0.